The van der Waals surface area contributed by atoms with Gasteiger partial charge in [-0.15, -0.1) is 0 Å². The number of hydroxylamine groups is 2. The summed E-state index contributed by atoms with van der Waals surface area (Å²) >= 11 is 12.8. The lowest BCUT2D eigenvalue weighted by Crippen LogP contribution is -2.55. The minimum atomic E-state index is -0.658. The van der Waals surface area contributed by atoms with Gasteiger partial charge in [0.1, 0.15) is 4.32 Å². The quantitative estimate of drug-likeness (QED) is 0.415. The summed E-state index contributed by atoms with van der Waals surface area (Å²) in [6, 6.07) is 15.5. The van der Waals surface area contributed by atoms with Crippen LogP contribution in [0.15, 0.2) is 54.6 Å². The first-order chi connectivity index (χ1) is 12.3. The lowest BCUT2D eigenvalue weighted by Gasteiger charge is -2.36. The van der Waals surface area contributed by atoms with Crippen molar-refractivity contribution in [2.75, 3.05) is 10.2 Å². The number of anilines is 2. The Kier molecular flexibility index (Phi) is 5.43. The van der Waals surface area contributed by atoms with E-state index in [1.165, 1.54) is 11.8 Å². The third-order valence-electron chi connectivity index (χ3n) is 3.98. The molecule has 5 nitrogen and oxygen atoms in total. The molecule has 0 unspecified atom stereocenters. The Morgan fingerprint density at radius 3 is 2.46 bits per heavy atom. The number of para-hydroxylation sites is 1. The molecule has 2 aromatic rings. The Morgan fingerprint density at radius 1 is 1.23 bits per heavy atom. The molecule has 0 aliphatic carbocycles. The number of nitrogens with zero attached hydrogens (tertiary/aromatic N) is 2. The van der Waals surface area contributed by atoms with Gasteiger partial charge in [-0.1, -0.05) is 53.8 Å². The van der Waals surface area contributed by atoms with Crippen molar-refractivity contribution in [3.05, 3.63) is 59.6 Å². The van der Waals surface area contributed by atoms with Gasteiger partial charge in [0, 0.05) is 16.4 Å². The Labute approximate surface area is 166 Å². The highest BCUT2D eigenvalue weighted by Crippen LogP contribution is 2.44. The maximum atomic E-state index is 12.6. The summed E-state index contributed by atoms with van der Waals surface area (Å²) in [6.45, 7) is 3.88. The Bertz CT molecular complexity index is 815. The number of thiocarbonyl (C=S) groups is 1. The Balaban J connectivity index is 1.86. The summed E-state index contributed by atoms with van der Waals surface area (Å²) in [6.07, 6.45) is -0.658. The van der Waals surface area contributed by atoms with Crippen molar-refractivity contribution in [3.8, 4) is 0 Å². The summed E-state index contributed by atoms with van der Waals surface area (Å²) in [5.41, 5.74) is 1.36. The van der Waals surface area contributed by atoms with Crippen molar-refractivity contribution in [2.45, 2.75) is 24.8 Å². The number of nitrogens with one attached hydrogen (secondary N) is 1. The number of hydrogen-bond donors (Lipinski definition) is 2. The minimum Gasteiger partial charge on any atom is -0.306 e. The van der Waals surface area contributed by atoms with Crippen LogP contribution in [0.3, 0.4) is 0 Å². The van der Waals surface area contributed by atoms with Gasteiger partial charge >= 0.3 is 6.03 Å². The molecule has 0 bridgehead atoms. The number of thioether (sulfide) groups is 1. The third kappa shape index (κ3) is 3.81. The highest BCUT2D eigenvalue weighted by molar-refractivity contribution is 8.24. The van der Waals surface area contributed by atoms with Gasteiger partial charge in [0.05, 0.1) is 4.75 Å². The van der Waals surface area contributed by atoms with Gasteiger partial charge in [0.2, 0.25) is 0 Å². The van der Waals surface area contributed by atoms with Crippen LogP contribution in [0.5, 0.6) is 0 Å². The maximum Gasteiger partial charge on any atom is 0.347 e. The Hall–Kier alpha value is -1.80. The van der Waals surface area contributed by atoms with E-state index in [1.807, 2.05) is 44.2 Å². The van der Waals surface area contributed by atoms with Crippen LogP contribution in [0.4, 0.5) is 16.2 Å². The first-order valence-corrected chi connectivity index (χ1v) is 9.52. The molecule has 1 saturated heterocycles. The van der Waals surface area contributed by atoms with Gasteiger partial charge in [0.15, 0.2) is 6.17 Å². The number of rotatable bonds is 3. The van der Waals surface area contributed by atoms with Gasteiger partial charge < -0.3 is 10.2 Å². The fraction of sp³-hybridized carbons (Fsp3) is 0.222. The smallest absolute Gasteiger partial charge is 0.306 e. The van der Waals surface area contributed by atoms with Crippen LogP contribution >= 0.6 is 35.6 Å². The molecule has 26 heavy (non-hydrogen) atoms. The summed E-state index contributed by atoms with van der Waals surface area (Å²) in [4.78, 5) is 14.4. The molecule has 0 aromatic heterocycles. The lowest BCUT2D eigenvalue weighted by atomic mass is 10.1. The Morgan fingerprint density at radius 2 is 1.85 bits per heavy atom. The number of carbonyl (C=O) groups excluding carboxylic acids is 1. The van der Waals surface area contributed by atoms with E-state index >= 15 is 0 Å². The van der Waals surface area contributed by atoms with E-state index in [4.69, 9.17) is 23.8 Å². The van der Waals surface area contributed by atoms with Gasteiger partial charge in [-0.05, 0) is 50.2 Å². The molecule has 1 aliphatic heterocycles. The average molecular weight is 408 g/mol. The van der Waals surface area contributed by atoms with Gasteiger partial charge in [-0.3, -0.25) is 5.21 Å². The molecule has 3 rings (SSSR count). The van der Waals surface area contributed by atoms with E-state index < -0.39 is 16.9 Å². The molecule has 1 fully saturated rings. The molecule has 1 aliphatic rings. The normalized spacial score (nSPS) is 18.7. The molecule has 2 aromatic carbocycles. The molecule has 1 heterocycles. The topological polar surface area (TPSA) is 55.8 Å². The molecule has 1 atom stereocenters. The molecule has 136 valence electrons. The number of urea groups is 1. The van der Waals surface area contributed by atoms with Crippen molar-refractivity contribution in [1.29, 1.82) is 0 Å². The summed E-state index contributed by atoms with van der Waals surface area (Å²) in [7, 11) is 0. The number of hydrogen-bond acceptors (Lipinski definition) is 4. The van der Waals surface area contributed by atoms with Crippen molar-refractivity contribution in [2.24, 2.45) is 0 Å². The van der Waals surface area contributed by atoms with Crippen LogP contribution in [0.2, 0.25) is 5.02 Å². The summed E-state index contributed by atoms with van der Waals surface area (Å²) in [5, 5.41) is 14.6. The summed E-state index contributed by atoms with van der Waals surface area (Å²) in [5.74, 6) is 0. The van der Waals surface area contributed by atoms with Crippen LogP contribution in [0, 0.1) is 0 Å². The van der Waals surface area contributed by atoms with Crippen LogP contribution in [-0.4, -0.2) is 31.5 Å². The second kappa shape index (κ2) is 7.44. The van der Waals surface area contributed by atoms with Gasteiger partial charge in [-0.25, -0.2) is 4.79 Å². The van der Waals surface area contributed by atoms with Crippen molar-refractivity contribution >= 4 is 57.3 Å². The third-order valence-corrected chi connectivity index (χ3v) is 5.79. The van der Waals surface area contributed by atoms with E-state index in [-0.39, 0.29) is 0 Å². The molecule has 0 spiro atoms. The number of amides is 2. The SMILES string of the molecule is CC1(C)SC(=S)N(c2ccccc2)[C@@H]1N(O)C(=O)Nc1ccc(Cl)cc1. The molecule has 8 heteroatoms. The standard InChI is InChI=1S/C18H18ClN3O2S2/c1-18(2)15(21(17(25)26-18)14-6-4-3-5-7-14)22(24)16(23)20-13-10-8-12(19)9-11-13/h3-11,15,24H,1-2H3,(H,20,23)/t15-/m1/s1. The van der Waals surface area contributed by atoms with E-state index in [1.54, 1.807) is 29.2 Å². The monoisotopic (exact) mass is 407 g/mol. The first kappa shape index (κ1) is 19.0. The van der Waals surface area contributed by atoms with Crippen molar-refractivity contribution in [1.82, 2.24) is 5.06 Å². The number of carbonyl (C=O) groups is 1. The molecule has 0 saturated carbocycles. The minimum absolute atomic E-state index is 0.501. The van der Waals surface area contributed by atoms with Gasteiger partial charge in [0.25, 0.3) is 0 Å². The van der Waals surface area contributed by atoms with Crippen LogP contribution in [0.1, 0.15) is 13.8 Å². The van der Waals surface area contributed by atoms with E-state index in [0.29, 0.717) is 20.1 Å². The zero-order valence-electron chi connectivity index (χ0n) is 14.2. The zero-order chi connectivity index (χ0) is 18.9. The van der Waals surface area contributed by atoms with E-state index in [2.05, 4.69) is 5.32 Å². The predicted octanol–water partition coefficient (Wildman–Crippen LogP) is 5.21. The fourth-order valence-corrected chi connectivity index (χ4v) is 4.84. The fourth-order valence-electron chi connectivity index (χ4n) is 2.80. The van der Waals surface area contributed by atoms with Gasteiger partial charge in [-0.2, -0.15) is 5.06 Å². The average Bonchev–Trinajstić information content (AvgIpc) is 2.85. The molecular formula is C18H18ClN3O2S2. The largest absolute Gasteiger partial charge is 0.347 e. The first-order valence-electron chi connectivity index (χ1n) is 7.91. The van der Waals surface area contributed by atoms with Crippen LogP contribution in [0.25, 0.3) is 0 Å². The van der Waals surface area contributed by atoms with Crippen molar-refractivity contribution in [3.63, 3.8) is 0 Å². The highest BCUT2D eigenvalue weighted by atomic mass is 35.5. The lowest BCUT2D eigenvalue weighted by molar-refractivity contribution is -0.0762. The van der Waals surface area contributed by atoms with Crippen LogP contribution < -0.4 is 10.2 Å². The molecule has 2 amide bonds. The summed E-state index contributed by atoms with van der Waals surface area (Å²) < 4.78 is 0.100. The maximum absolute atomic E-state index is 12.6. The van der Waals surface area contributed by atoms with E-state index in [0.717, 1.165) is 5.69 Å². The second-order valence-corrected chi connectivity index (χ2v) is 9.06. The zero-order valence-corrected chi connectivity index (χ0v) is 16.6. The van der Waals surface area contributed by atoms with E-state index in [9.17, 15) is 10.0 Å². The second-order valence-electron chi connectivity index (χ2n) is 6.33. The van der Waals surface area contributed by atoms with Crippen LogP contribution in [-0.2, 0) is 0 Å². The van der Waals surface area contributed by atoms with Crippen molar-refractivity contribution < 1.29 is 10.0 Å². The number of benzene rings is 2. The predicted molar refractivity (Wildman–Crippen MR) is 111 cm³/mol. The molecule has 2 N–H and O–H groups in total. The number of halogens is 1. The molecule has 0 radical (unpaired) electrons. The highest BCUT2D eigenvalue weighted by Gasteiger charge is 2.50. The molecular weight excluding hydrogens is 390 g/mol.